The zero-order chi connectivity index (χ0) is 11.6. The zero-order valence-electron chi connectivity index (χ0n) is 9.64. The molecule has 0 spiro atoms. The van der Waals surface area contributed by atoms with Crippen LogP contribution in [0.5, 0.6) is 0 Å². The summed E-state index contributed by atoms with van der Waals surface area (Å²) in [4.78, 5) is 12.4. The predicted molar refractivity (Wildman–Crippen MR) is 68.7 cm³/mol. The Morgan fingerprint density at radius 3 is 2.40 bits per heavy atom. The molecule has 0 radical (unpaired) electrons. The van der Waals surface area contributed by atoms with E-state index in [0.717, 1.165) is 23.3 Å². The van der Waals surface area contributed by atoms with Gasteiger partial charge in [0.1, 0.15) is 0 Å². The number of hydrogen-bond acceptors (Lipinski definition) is 4. The smallest absolute Gasteiger partial charge is 0.246 e. The van der Waals surface area contributed by atoms with Gasteiger partial charge in [0.05, 0.1) is 10.6 Å². The van der Waals surface area contributed by atoms with Gasteiger partial charge in [-0.1, -0.05) is 38.0 Å². The lowest BCUT2D eigenvalue weighted by molar-refractivity contribution is 0.372. The summed E-state index contributed by atoms with van der Waals surface area (Å²) in [6.45, 7) is 8.23. The van der Waals surface area contributed by atoms with Crippen molar-refractivity contribution in [3.05, 3.63) is 20.0 Å². The normalized spacial score (nSPS) is 17.7. The van der Waals surface area contributed by atoms with Crippen molar-refractivity contribution >= 4 is 26.4 Å². The fraction of sp³-hybridized carbons (Fsp3) is 0.636. The van der Waals surface area contributed by atoms with Crippen LogP contribution in [0.15, 0.2) is 4.79 Å². The molecule has 0 aromatic carbocycles. The summed E-state index contributed by atoms with van der Waals surface area (Å²) >= 11 is 0. The average Bonchev–Trinajstić information content (AvgIpc) is 2.50. The highest BCUT2D eigenvalue weighted by atomic mass is 32.9. The summed E-state index contributed by atoms with van der Waals surface area (Å²) in [7, 11) is 2.74. The Labute approximate surface area is 97.9 Å². The van der Waals surface area contributed by atoms with E-state index in [1.807, 2.05) is 13.8 Å². The van der Waals surface area contributed by atoms with Crippen molar-refractivity contribution in [2.75, 3.05) is 0 Å². The molecule has 1 heterocycles. The molecule has 15 heavy (non-hydrogen) atoms. The minimum Gasteiger partial charge on any atom is -0.304 e. The minimum atomic E-state index is 0.0943. The standard InChI is InChI=1S/C9H11NOS2.C2H6/c1-9(2)3-5-7(6(10)4-9)12-13-8(5)11;1-2/h10H,3-4H2,1-2H3;1-2H3. The fourth-order valence-electron chi connectivity index (χ4n) is 1.76. The van der Waals surface area contributed by atoms with Crippen LogP contribution in [0.1, 0.15) is 44.6 Å². The quantitative estimate of drug-likeness (QED) is 0.696. The second-order valence-corrected chi connectivity index (χ2v) is 6.37. The van der Waals surface area contributed by atoms with Crippen molar-refractivity contribution in [3.8, 4) is 0 Å². The van der Waals surface area contributed by atoms with Crippen LogP contribution >= 0.6 is 20.7 Å². The molecule has 84 valence electrons. The lowest BCUT2D eigenvalue weighted by Crippen LogP contribution is -2.28. The highest BCUT2D eigenvalue weighted by Crippen LogP contribution is 2.36. The van der Waals surface area contributed by atoms with E-state index in [1.165, 1.54) is 20.7 Å². The first kappa shape index (κ1) is 12.6. The third kappa shape index (κ3) is 2.55. The van der Waals surface area contributed by atoms with E-state index in [9.17, 15) is 4.79 Å². The maximum atomic E-state index is 11.4. The van der Waals surface area contributed by atoms with Crippen LogP contribution in [-0.4, -0.2) is 5.71 Å². The van der Waals surface area contributed by atoms with Gasteiger partial charge < -0.3 is 5.41 Å². The molecule has 0 saturated carbocycles. The molecule has 2 rings (SSSR count). The minimum absolute atomic E-state index is 0.0943. The van der Waals surface area contributed by atoms with Gasteiger partial charge >= 0.3 is 0 Å². The first-order valence-corrected chi connectivity index (χ1v) is 7.34. The van der Waals surface area contributed by atoms with Gasteiger partial charge in [0, 0.05) is 5.56 Å². The fourth-order valence-corrected chi connectivity index (χ4v) is 4.08. The molecule has 0 fully saturated rings. The third-order valence-electron chi connectivity index (χ3n) is 2.31. The number of fused-ring (bicyclic) bond motifs is 1. The predicted octanol–water partition coefficient (Wildman–Crippen LogP) is 3.54. The van der Waals surface area contributed by atoms with Crippen LogP contribution in [0, 0.1) is 10.8 Å². The molecule has 1 aromatic heterocycles. The van der Waals surface area contributed by atoms with Crippen LogP contribution in [0.2, 0.25) is 0 Å². The van der Waals surface area contributed by atoms with E-state index >= 15 is 0 Å². The van der Waals surface area contributed by atoms with Gasteiger partial charge in [-0.3, -0.25) is 4.79 Å². The van der Waals surface area contributed by atoms with Crippen LogP contribution in [0.25, 0.3) is 0 Å². The summed E-state index contributed by atoms with van der Waals surface area (Å²) < 4.78 is 0.164. The van der Waals surface area contributed by atoms with E-state index in [-0.39, 0.29) is 10.2 Å². The Morgan fingerprint density at radius 1 is 1.20 bits per heavy atom. The van der Waals surface area contributed by atoms with E-state index in [4.69, 9.17) is 5.41 Å². The molecule has 1 aliphatic carbocycles. The second-order valence-electron chi connectivity index (χ2n) is 4.26. The van der Waals surface area contributed by atoms with Crippen molar-refractivity contribution in [1.82, 2.24) is 0 Å². The first-order valence-electron chi connectivity index (χ1n) is 5.19. The maximum Gasteiger partial charge on any atom is 0.246 e. The Hall–Kier alpha value is -0.480. The molecule has 2 nitrogen and oxygen atoms in total. The van der Waals surface area contributed by atoms with Gasteiger partial charge in [0.15, 0.2) is 0 Å². The Balaban J connectivity index is 0.000000531. The summed E-state index contributed by atoms with van der Waals surface area (Å²) in [6.07, 6.45) is 1.64. The number of hydrogen-bond donors (Lipinski definition) is 1. The maximum absolute atomic E-state index is 11.4. The van der Waals surface area contributed by atoms with E-state index in [2.05, 4.69) is 13.8 Å². The molecular formula is C11H17NOS2. The van der Waals surface area contributed by atoms with Crippen molar-refractivity contribution in [1.29, 1.82) is 5.41 Å². The molecule has 1 aromatic rings. The van der Waals surface area contributed by atoms with Crippen LogP contribution in [-0.2, 0) is 6.42 Å². The molecule has 0 unspecified atom stereocenters. The van der Waals surface area contributed by atoms with Crippen LogP contribution in [0.3, 0.4) is 0 Å². The van der Waals surface area contributed by atoms with Gasteiger partial charge in [-0.15, -0.1) is 0 Å². The Morgan fingerprint density at radius 2 is 1.80 bits per heavy atom. The SMILES string of the molecule is CC.CC1(C)CC(=N)c2ssc(=O)c2C1. The third-order valence-corrected chi connectivity index (χ3v) is 4.65. The highest BCUT2D eigenvalue weighted by Gasteiger charge is 2.31. The van der Waals surface area contributed by atoms with Crippen molar-refractivity contribution in [2.24, 2.45) is 5.41 Å². The summed E-state index contributed by atoms with van der Waals surface area (Å²) in [5.41, 5.74) is 1.63. The van der Waals surface area contributed by atoms with Crippen molar-refractivity contribution < 1.29 is 0 Å². The lowest BCUT2D eigenvalue weighted by Gasteiger charge is -2.28. The van der Waals surface area contributed by atoms with Gasteiger partial charge in [-0.05, 0) is 28.6 Å². The largest absolute Gasteiger partial charge is 0.304 e. The highest BCUT2D eigenvalue weighted by molar-refractivity contribution is 7.69. The number of rotatable bonds is 0. The molecular weight excluding hydrogens is 226 g/mol. The average molecular weight is 243 g/mol. The van der Waals surface area contributed by atoms with Crippen molar-refractivity contribution in [3.63, 3.8) is 0 Å². The topological polar surface area (TPSA) is 40.9 Å². The summed E-state index contributed by atoms with van der Waals surface area (Å²) in [5.74, 6) is 0. The van der Waals surface area contributed by atoms with Crippen LogP contribution in [0.4, 0.5) is 0 Å². The van der Waals surface area contributed by atoms with E-state index in [0.29, 0.717) is 5.71 Å². The summed E-state index contributed by atoms with van der Waals surface area (Å²) in [6, 6.07) is 0. The van der Waals surface area contributed by atoms with Crippen molar-refractivity contribution in [2.45, 2.75) is 40.5 Å². The number of nitrogens with one attached hydrogen (secondary N) is 1. The molecule has 0 aliphatic heterocycles. The molecule has 1 aliphatic rings. The van der Waals surface area contributed by atoms with Gasteiger partial charge in [-0.2, -0.15) is 0 Å². The van der Waals surface area contributed by atoms with Gasteiger partial charge in [0.2, 0.25) is 4.74 Å². The lowest BCUT2D eigenvalue weighted by atomic mass is 9.76. The molecule has 0 saturated heterocycles. The molecule has 0 atom stereocenters. The molecule has 0 amide bonds. The monoisotopic (exact) mass is 243 g/mol. The zero-order valence-corrected chi connectivity index (χ0v) is 11.3. The van der Waals surface area contributed by atoms with E-state index in [1.54, 1.807) is 0 Å². The Kier molecular flexibility index (Phi) is 3.84. The van der Waals surface area contributed by atoms with Gasteiger partial charge in [0.25, 0.3) is 0 Å². The molecule has 4 heteroatoms. The Bertz CT molecular complexity index is 414. The first-order chi connectivity index (χ1) is 6.99. The van der Waals surface area contributed by atoms with E-state index < -0.39 is 0 Å². The molecule has 0 bridgehead atoms. The van der Waals surface area contributed by atoms with Gasteiger partial charge in [-0.25, -0.2) is 0 Å². The second kappa shape index (κ2) is 4.58. The summed E-state index contributed by atoms with van der Waals surface area (Å²) in [5, 5.41) is 7.82. The molecule has 1 N–H and O–H groups in total. The van der Waals surface area contributed by atoms with Crippen LogP contribution < -0.4 is 4.74 Å².